The minimum absolute atomic E-state index is 0.0992. The Morgan fingerprint density at radius 3 is 2.63 bits per heavy atom. The van der Waals surface area contributed by atoms with Crippen LogP contribution in [0.1, 0.15) is 16.5 Å². The van der Waals surface area contributed by atoms with Gasteiger partial charge < -0.3 is 10.1 Å². The molecule has 0 spiro atoms. The van der Waals surface area contributed by atoms with E-state index in [1.54, 1.807) is 41.9 Å². The number of anilines is 1. The summed E-state index contributed by atoms with van der Waals surface area (Å²) in [4.78, 5) is 29.4. The summed E-state index contributed by atoms with van der Waals surface area (Å²) in [5.74, 6) is -0.379. The van der Waals surface area contributed by atoms with Gasteiger partial charge in [-0.15, -0.1) is 11.3 Å². The predicted molar refractivity (Wildman–Crippen MR) is 120 cm³/mol. The largest absolute Gasteiger partial charge is 0.484 e. The Labute approximate surface area is 181 Å². The lowest BCUT2D eigenvalue weighted by Gasteiger charge is -2.07. The average molecular weight is 436 g/mol. The Morgan fingerprint density at radius 1 is 1.17 bits per heavy atom. The average Bonchev–Trinajstić information content (AvgIpc) is 3.36. The van der Waals surface area contributed by atoms with Crippen molar-refractivity contribution in [2.75, 3.05) is 11.9 Å². The van der Waals surface area contributed by atoms with Gasteiger partial charge in [0.25, 0.3) is 5.91 Å². The van der Waals surface area contributed by atoms with Crippen LogP contribution in [-0.2, 0) is 9.59 Å². The Balaban J connectivity index is 1.36. The van der Waals surface area contributed by atoms with E-state index in [9.17, 15) is 9.59 Å². The number of para-hydroxylation sites is 1. The Hall–Kier alpha value is -3.23. The molecular weight excluding hydrogens is 418 g/mol. The number of thioether (sulfide) groups is 1. The molecule has 1 amide bonds. The van der Waals surface area contributed by atoms with Crippen molar-refractivity contribution in [2.45, 2.75) is 5.92 Å². The lowest BCUT2D eigenvalue weighted by atomic mass is 10.1. The summed E-state index contributed by atoms with van der Waals surface area (Å²) < 4.78 is 5.52. The molecule has 1 atom stereocenters. The topological polar surface area (TPSA) is 92.1 Å². The third-order valence-electron chi connectivity index (χ3n) is 4.29. The van der Waals surface area contributed by atoms with Crippen molar-refractivity contribution in [1.82, 2.24) is 4.98 Å². The number of benzene rings is 2. The number of rotatable bonds is 6. The van der Waals surface area contributed by atoms with Crippen molar-refractivity contribution in [3.05, 3.63) is 81.7 Å². The molecule has 3 aromatic rings. The number of allylic oxidation sites excluding steroid dienone is 1. The van der Waals surface area contributed by atoms with E-state index in [0.29, 0.717) is 26.4 Å². The zero-order valence-corrected chi connectivity index (χ0v) is 17.3. The number of thiazole rings is 1. The molecule has 2 heterocycles. The molecule has 8 heteroatoms. The van der Waals surface area contributed by atoms with E-state index in [-0.39, 0.29) is 18.3 Å². The van der Waals surface area contributed by atoms with Crippen molar-refractivity contribution in [2.24, 2.45) is 0 Å². The number of hydrogen-bond donors (Lipinski definition) is 2. The minimum atomic E-state index is -0.591. The van der Waals surface area contributed by atoms with Crippen molar-refractivity contribution >= 4 is 51.6 Å². The third kappa shape index (κ3) is 4.67. The van der Waals surface area contributed by atoms with Gasteiger partial charge in [-0.3, -0.25) is 15.0 Å². The second-order valence-corrected chi connectivity index (χ2v) is 8.42. The first kappa shape index (κ1) is 20.1. The van der Waals surface area contributed by atoms with E-state index in [2.05, 4.69) is 10.3 Å². The van der Waals surface area contributed by atoms with Crippen LogP contribution in [0, 0.1) is 5.41 Å². The highest BCUT2D eigenvalue weighted by atomic mass is 32.2. The molecule has 0 saturated carbocycles. The monoisotopic (exact) mass is 435 g/mol. The fraction of sp³-hybridized carbons (Fsp3) is 0.0909. The maximum absolute atomic E-state index is 12.7. The smallest absolute Gasteiger partial charge is 0.262 e. The fourth-order valence-corrected chi connectivity index (χ4v) is 4.68. The van der Waals surface area contributed by atoms with Crippen molar-refractivity contribution in [3.63, 3.8) is 0 Å². The molecule has 1 aliphatic heterocycles. The van der Waals surface area contributed by atoms with Crippen molar-refractivity contribution in [3.8, 4) is 5.75 Å². The number of amides is 1. The Morgan fingerprint density at radius 2 is 1.93 bits per heavy atom. The number of aromatic nitrogens is 1. The second-order valence-electron chi connectivity index (χ2n) is 6.41. The molecule has 1 aliphatic rings. The van der Waals surface area contributed by atoms with Crippen LogP contribution < -0.4 is 10.1 Å². The maximum atomic E-state index is 12.7. The number of carbonyl (C=O) groups excluding carboxylic acids is 2. The lowest BCUT2D eigenvalue weighted by molar-refractivity contribution is -0.118. The standard InChI is InChI=1S/C22H17N3O3S2/c23-21-19(22-24-10-11-29-22)20(27)17(30-21)12-14-6-8-16(9-7-14)28-13-18(26)25-15-4-2-1-3-5-15/h1-12,19,23H,13H2,(H,25,26)/b17-12-,23-21?/t19-/m1/s1. The van der Waals surface area contributed by atoms with Gasteiger partial charge in [0.1, 0.15) is 16.7 Å². The van der Waals surface area contributed by atoms with Crippen LogP contribution in [0.4, 0.5) is 5.69 Å². The summed E-state index contributed by atoms with van der Waals surface area (Å²) in [6.07, 6.45) is 3.41. The van der Waals surface area contributed by atoms with E-state index in [4.69, 9.17) is 10.1 Å². The van der Waals surface area contributed by atoms with Crippen molar-refractivity contribution in [1.29, 1.82) is 5.41 Å². The van der Waals surface area contributed by atoms with Gasteiger partial charge in [-0.05, 0) is 35.9 Å². The van der Waals surface area contributed by atoms with Gasteiger partial charge in [-0.25, -0.2) is 4.98 Å². The zero-order chi connectivity index (χ0) is 20.9. The Kier molecular flexibility index (Phi) is 6.06. The normalized spacial score (nSPS) is 17.3. The molecule has 1 saturated heterocycles. The highest BCUT2D eigenvalue weighted by Crippen LogP contribution is 2.41. The lowest BCUT2D eigenvalue weighted by Crippen LogP contribution is -2.20. The number of ketones is 1. The maximum Gasteiger partial charge on any atom is 0.262 e. The quantitative estimate of drug-likeness (QED) is 0.553. The molecule has 0 bridgehead atoms. The van der Waals surface area contributed by atoms with Crippen LogP contribution in [0.5, 0.6) is 5.75 Å². The molecule has 1 aromatic heterocycles. The van der Waals surface area contributed by atoms with Gasteiger partial charge in [-0.2, -0.15) is 0 Å². The molecule has 0 aliphatic carbocycles. The van der Waals surface area contributed by atoms with Crippen LogP contribution in [0.2, 0.25) is 0 Å². The summed E-state index contributed by atoms with van der Waals surface area (Å²) in [7, 11) is 0. The number of carbonyl (C=O) groups is 2. The number of nitrogens with zero attached hydrogens (tertiary/aromatic N) is 1. The third-order valence-corrected chi connectivity index (χ3v) is 6.13. The van der Waals surface area contributed by atoms with Crippen LogP contribution in [0.15, 0.2) is 71.1 Å². The summed E-state index contributed by atoms with van der Waals surface area (Å²) >= 11 is 2.56. The molecular formula is C22H17N3O3S2. The molecule has 150 valence electrons. The summed E-state index contributed by atoms with van der Waals surface area (Å²) in [5, 5.41) is 13.6. The van der Waals surface area contributed by atoms with E-state index in [0.717, 1.165) is 5.56 Å². The molecule has 4 rings (SSSR count). The van der Waals surface area contributed by atoms with Crippen LogP contribution in [-0.4, -0.2) is 28.3 Å². The van der Waals surface area contributed by atoms with Crippen LogP contribution in [0.25, 0.3) is 6.08 Å². The van der Waals surface area contributed by atoms with Gasteiger partial charge >= 0.3 is 0 Å². The molecule has 0 radical (unpaired) electrons. The van der Waals surface area contributed by atoms with Crippen molar-refractivity contribution < 1.29 is 14.3 Å². The van der Waals surface area contributed by atoms with E-state index in [1.807, 2.05) is 30.3 Å². The molecule has 2 N–H and O–H groups in total. The van der Waals surface area contributed by atoms with Crippen LogP contribution >= 0.6 is 23.1 Å². The fourth-order valence-electron chi connectivity index (χ4n) is 2.87. The zero-order valence-electron chi connectivity index (χ0n) is 15.7. The molecule has 30 heavy (non-hydrogen) atoms. The van der Waals surface area contributed by atoms with E-state index < -0.39 is 5.92 Å². The molecule has 2 aromatic carbocycles. The summed E-state index contributed by atoms with van der Waals surface area (Å²) in [5.41, 5.74) is 1.54. The number of hydrogen-bond acceptors (Lipinski definition) is 7. The SMILES string of the molecule is N=C1S/C(=C\c2ccc(OCC(=O)Nc3ccccc3)cc2)C(=O)[C@H]1c1nccs1. The van der Waals surface area contributed by atoms with Gasteiger partial charge in [0.2, 0.25) is 0 Å². The highest BCUT2D eigenvalue weighted by molar-refractivity contribution is 8.19. The first-order chi connectivity index (χ1) is 14.6. The summed E-state index contributed by atoms with van der Waals surface area (Å²) in [6.45, 7) is -0.101. The van der Waals surface area contributed by atoms with E-state index in [1.165, 1.54) is 23.1 Å². The summed E-state index contributed by atoms with van der Waals surface area (Å²) in [6, 6.07) is 16.3. The van der Waals surface area contributed by atoms with E-state index >= 15 is 0 Å². The molecule has 1 fully saturated rings. The minimum Gasteiger partial charge on any atom is -0.484 e. The number of Topliss-reactive ketones (excluding diaryl/α,β-unsaturated/α-hetero) is 1. The van der Waals surface area contributed by atoms with Crippen LogP contribution in [0.3, 0.4) is 0 Å². The number of nitrogens with one attached hydrogen (secondary N) is 2. The van der Waals surface area contributed by atoms with Gasteiger partial charge in [-0.1, -0.05) is 42.1 Å². The first-order valence-electron chi connectivity index (χ1n) is 9.09. The number of ether oxygens (including phenoxy) is 1. The highest BCUT2D eigenvalue weighted by Gasteiger charge is 2.38. The first-order valence-corrected chi connectivity index (χ1v) is 10.8. The molecule has 0 unspecified atom stereocenters. The van der Waals surface area contributed by atoms with Gasteiger partial charge in [0.15, 0.2) is 12.4 Å². The molecule has 6 nitrogen and oxygen atoms in total. The second kappa shape index (κ2) is 9.06. The predicted octanol–water partition coefficient (Wildman–Crippen LogP) is 4.58. The van der Waals surface area contributed by atoms with Gasteiger partial charge in [0, 0.05) is 17.3 Å². The Bertz CT molecular complexity index is 1090. The van der Waals surface area contributed by atoms with Gasteiger partial charge in [0.05, 0.1) is 9.95 Å².